The quantitative estimate of drug-likeness (QED) is 0.251. The summed E-state index contributed by atoms with van der Waals surface area (Å²) in [6.45, 7) is 0.703. The molecule has 2 rings (SSSR count). The molecule has 1 saturated carbocycles. The molecule has 8 heteroatoms. The summed E-state index contributed by atoms with van der Waals surface area (Å²) < 4.78 is 5.63. The van der Waals surface area contributed by atoms with E-state index < -0.39 is 18.2 Å². The molecule has 0 aromatic heterocycles. The van der Waals surface area contributed by atoms with Crippen molar-refractivity contribution in [1.29, 1.82) is 0 Å². The number of aliphatic carboxylic acids is 1. The molecule has 0 aliphatic heterocycles. The second kappa shape index (κ2) is 12.1. The van der Waals surface area contributed by atoms with Gasteiger partial charge in [0.15, 0.2) is 0 Å². The Morgan fingerprint density at radius 3 is 2.76 bits per heavy atom. The number of aliphatic hydroxyl groups excluding tert-OH is 2. The number of aliphatic hydroxyl groups is 2. The largest absolute Gasteiger partial charge is 0.481 e. The molecule has 4 N–H and O–H groups in total. The molecule has 0 radical (unpaired) electrons. The third kappa shape index (κ3) is 8.30. The van der Waals surface area contributed by atoms with Gasteiger partial charge in [0, 0.05) is 23.9 Å². The predicted octanol–water partition coefficient (Wildman–Crippen LogP) is 3.29. The Balaban J connectivity index is 1.76. The number of hydrogen-bond donors (Lipinski definition) is 4. The van der Waals surface area contributed by atoms with Crippen LogP contribution in [-0.4, -0.2) is 45.3 Å². The van der Waals surface area contributed by atoms with Crippen LogP contribution in [0.25, 0.3) is 0 Å². The van der Waals surface area contributed by atoms with Crippen LogP contribution in [0.2, 0.25) is 5.02 Å². The number of ether oxygens (including phenoxy) is 1. The molecule has 6 nitrogen and oxygen atoms in total. The first-order valence-electron chi connectivity index (χ1n) is 9.74. The third-order valence-corrected chi connectivity index (χ3v) is 5.59. The van der Waals surface area contributed by atoms with E-state index in [0.717, 1.165) is 5.56 Å². The standard InChI is InChI=1S/C21H28ClNO5S/c22-15-7-5-6-14(10-15)12-23-21(29)28-13-17-16(18(24)11-19(17)25)8-3-1-2-4-9-20(26)27/h1,3,5-7,10,16-19,24-25H,2,4,8-9,11-13H2,(H,23,29)(H,26,27)/t16-,17-,18?,19?/m1/s1. The minimum atomic E-state index is -0.801. The average Bonchev–Trinajstić information content (AvgIpc) is 2.93. The maximum absolute atomic E-state index is 10.5. The predicted molar refractivity (Wildman–Crippen MR) is 116 cm³/mol. The lowest BCUT2D eigenvalue weighted by atomic mass is 9.91. The fourth-order valence-corrected chi connectivity index (χ4v) is 3.87. The second-order valence-corrected chi connectivity index (χ2v) is 8.08. The lowest BCUT2D eigenvalue weighted by Crippen LogP contribution is -2.31. The molecular formula is C21H28ClNO5S. The van der Waals surface area contributed by atoms with Gasteiger partial charge in [0.1, 0.15) is 0 Å². The van der Waals surface area contributed by atoms with Gasteiger partial charge in [-0.25, -0.2) is 0 Å². The minimum Gasteiger partial charge on any atom is -0.481 e. The van der Waals surface area contributed by atoms with Crippen molar-refractivity contribution >= 4 is 35.0 Å². The van der Waals surface area contributed by atoms with Gasteiger partial charge in [-0.3, -0.25) is 4.79 Å². The van der Waals surface area contributed by atoms with Crippen LogP contribution in [0.3, 0.4) is 0 Å². The maximum Gasteiger partial charge on any atom is 0.303 e. The maximum atomic E-state index is 10.5. The number of rotatable bonds is 10. The van der Waals surface area contributed by atoms with E-state index in [1.165, 1.54) is 0 Å². The first-order chi connectivity index (χ1) is 13.9. The van der Waals surface area contributed by atoms with Crippen molar-refractivity contribution in [2.75, 3.05) is 6.61 Å². The number of halogens is 1. The van der Waals surface area contributed by atoms with E-state index in [2.05, 4.69) is 5.32 Å². The highest BCUT2D eigenvalue weighted by molar-refractivity contribution is 7.80. The average molecular weight is 442 g/mol. The fraction of sp³-hybridized carbons (Fsp3) is 0.524. The molecule has 160 valence electrons. The topological polar surface area (TPSA) is 99.0 Å². The molecule has 1 aliphatic rings. The van der Waals surface area contributed by atoms with Crippen molar-refractivity contribution in [2.45, 2.75) is 50.9 Å². The summed E-state index contributed by atoms with van der Waals surface area (Å²) in [5.41, 5.74) is 0.977. The Kier molecular flexibility index (Phi) is 9.87. The number of unbranched alkanes of at least 4 members (excludes halogenated alkanes) is 1. The summed E-state index contributed by atoms with van der Waals surface area (Å²) in [5.74, 6) is -1.15. The molecule has 1 aliphatic carbocycles. The fourth-order valence-electron chi connectivity index (χ4n) is 3.52. The highest BCUT2D eigenvalue weighted by atomic mass is 35.5. The van der Waals surface area contributed by atoms with Crippen LogP contribution in [0.15, 0.2) is 36.4 Å². The van der Waals surface area contributed by atoms with Crippen molar-refractivity contribution < 1.29 is 24.9 Å². The molecule has 1 aromatic carbocycles. The smallest absolute Gasteiger partial charge is 0.303 e. The van der Waals surface area contributed by atoms with Crippen molar-refractivity contribution in [3.8, 4) is 0 Å². The van der Waals surface area contributed by atoms with Gasteiger partial charge >= 0.3 is 5.97 Å². The Bertz CT molecular complexity index is 714. The molecule has 0 spiro atoms. The number of hydrogen-bond acceptors (Lipinski definition) is 5. The number of carboxylic acids is 1. The zero-order valence-corrected chi connectivity index (χ0v) is 17.7. The highest BCUT2D eigenvalue weighted by Gasteiger charge is 2.41. The molecular weight excluding hydrogens is 414 g/mol. The van der Waals surface area contributed by atoms with Crippen LogP contribution in [0, 0.1) is 11.8 Å². The number of thiocarbonyl (C=S) groups is 1. The second-order valence-electron chi connectivity index (χ2n) is 7.27. The molecule has 1 aromatic rings. The van der Waals surface area contributed by atoms with Gasteiger partial charge in [0.05, 0.1) is 18.8 Å². The Labute approximate surface area is 181 Å². The summed E-state index contributed by atoms with van der Waals surface area (Å²) in [5, 5.41) is 33.1. The minimum absolute atomic E-state index is 0.128. The van der Waals surface area contributed by atoms with E-state index in [1.807, 2.05) is 30.4 Å². The summed E-state index contributed by atoms with van der Waals surface area (Å²) >= 11 is 11.2. The molecule has 0 heterocycles. The SMILES string of the molecule is O=C(O)CCCC=CC[C@H]1C(O)CC(O)[C@@H]1COC(=S)NCc1cccc(Cl)c1. The van der Waals surface area contributed by atoms with Gasteiger partial charge in [-0.1, -0.05) is 35.9 Å². The number of carboxylic acid groups (broad SMARTS) is 1. The van der Waals surface area contributed by atoms with E-state index in [-0.39, 0.29) is 30.0 Å². The molecule has 0 amide bonds. The zero-order chi connectivity index (χ0) is 21.2. The highest BCUT2D eigenvalue weighted by Crippen LogP contribution is 2.35. The zero-order valence-electron chi connectivity index (χ0n) is 16.2. The van der Waals surface area contributed by atoms with Crippen LogP contribution >= 0.6 is 23.8 Å². The third-order valence-electron chi connectivity index (χ3n) is 5.09. The van der Waals surface area contributed by atoms with Gasteiger partial charge in [-0.2, -0.15) is 0 Å². The lowest BCUT2D eigenvalue weighted by molar-refractivity contribution is -0.137. The van der Waals surface area contributed by atoms with Crippen LogP contribution in [0.5, 0.6) is 0 Å². The number of benzene rings is 1. The Hall–Kier alpha value is -1.67. The number of nitrogens with one attached hydrogen (secondary N) is 1. The van der Waals surface area contributed by atoms with Crippen molar-refractivity contribution in [3.63, 3.8) is 0 Å². The molecule has 2 unspecified atom stereocenters. The van der Waals surface area contributed by atoms with Gasteiger partial charge in [-0.15, -0.1) is 0 Å². The molecule has 0 saturated heterocycles. The number of carbonyl (C=O) groups is 1. The van der Waals surface area contributed by atoms with Crippen molar-refractivity contribution in [2.24, 2.45) is 11.8 Å². The summed E-state index contributed by atoms with van der Waals surface area (Å²) in [4.78, 5) is 10.5. The van der Waals surface area contributed by atoms with E-state index in [4.69, 9.17) is 33.7 Å². The molecule has 4 atom stereocenters. The van der Waals surface area contributed by atoms with Crippen LogP contribution in [-0.2, 0) is 16.1 Å². The Morgan fingerprint density at radius 1 is 1.28 bits per heavy atom. The van der Waals surface area contributed by atoms with E-state index in [0.29, 0.717) is 37.3 Å². The lowest BCUT2D eigenvalue weighted by Gasteiger charge is -2.23. The van der Waals surface area contributed by atoms with Gasteiger partial charge in [-0.05, 0) is 61.5 Å². The van der Waals surface area contributed by atoms with Crippen LogP contribution in [0.1, 0.15) is 37.7 Å². The first-order valence-corrected chi connectivity index (χ1v) is 10.5. The van der Waals surface area contributed by atoms with Gasteiger partial charge < -0.3 is 25.4 Å². The van der Waals surface area contributed by atoms with Crippen LogP contribution < -0.4 is 5.32 Å². The summed E-state index contributed by atoms with van der Waals surface area (Å²) in [7, 11) is 0. The number of allylic oxidation sites excluding steroid dienone is 2. The summed E-state index contributed by atoms with van der Waals surface area (Å²) in [6, 6.07) is 7.43. The van der Waals surface area contributed by atoms with Crippen molar-refractivity contribution in [3.05, 3.63) is 47.0 Å². The normalized spacial score (nSPS) is 24.0. The van der Waals surface area contributed by atoms with E-state index in [1.54, 1.807) is 6.07 Å². The molecule has 1 fully saturated rings. The summed E-state index contributed by atoms with van der Waals surface area (Å²) in [6.07, 6.45) is 4.94. The van der Waals surface area contributed by atoms with Gasteiger partial charge in [0.2, 0.25) is 0 Å². The monoisotopic (exact) mass is 441 g/mol. The molecule has 29 heavy (non-hydrogen) atoms. The van der Waals surface area contributed by atoms with E-state index in [9.17, 15) is 15.0 Å². The van der Waals surface area contributed by atoms with Crippen molar-refractivity contribution in [1.82, 2.24) is 5.32 Å². The Morgan fingerprint density at radius 2 is 2.03 bits per heavy atom. The van der Waals surface area contributed by atoms with Crippen LogP contribution in [0.4, 0.5) is 0 Å². The van der Waals surface area contributed by atoms with E-state index >= 15 is 0 Å². The van der Waals surface area contributed by atoms with Gasteiger partial charge in [0.25, 0.3) is 5.17 Å². The first kappa shape index (κ1) is 23.6. The molecule has 0 bridgehead atoms.